The molecule has 8 nitrogen and oxygen atoms in total. The number of nitrogens with one attached hydrogen (secondary N) is 1. The van der Waals surface area contributed by atoms with Gasteiger partial charge in [0.25, 0.3) is 0 Å². The van der Waals surface area contributed by atoms with Gasteiger partial charge in [-0.25, -0.2) is 4.68 Å². The van der Waals surface area contributed by atoms with Crippen LogP contribution in [-0.4, -0.2) is 35.1 Å². The molecule has 1 aromatic carbocycles. The van der Waals surface area contributed by atoms with E-state index in [0.29, 0.717) is 23.8 Å². The van der Waals surface area contributed by atoms with E-state index in [2.05, 4.69) is 30.4 Å². The van der Waals surface area contributed by atoms with Crippen molar-refractivity contribution >= 4 is 10.9 Å². The molecule has 26 heavy (non-hydrogen) atoms. The number of hydrogen-bond donors (Lipinski definition) is 1. The molecule has 0 atom stereocenters. The monoisotopic (exact) mass is 343 g/mol. The molecular weight excluding hydrogens is 330 g/mol. The number of benzene rings is 1. The highest BCUT2D eigenvalue weighted by atomic mass is 16.5. The quantitative estimate of drug-likeness (QED) is 0.539. The van der Waals surface area contributed by atoms with E-state index in [0.717, 1.165) is 22.2 Å². The number of hydrogen-bond acceptors (Lipinski definition) is 6. The normalized spacial score (nSPS) is 11.2. The van der Waals surface area contributed by atoms with Crippen LogP contribution in [0.1, 0.15) is 11.5 Å². The lowest BCUT2D eigenvalue weighted by Crippen LogP contribution is -1.96. The Hall–Kier alpha value is -3.81. The van der Waals surface area contributed by atoms with Crippen molar-refractivity contribution in [1.82, 2.24) is 35.1 Å². The van der Waals surface area contributed by atoms with E-state index in [1.165, 1.54) is 0 Å². The summed E-state index contributed by atoms with van der Waals surface area (Å²) in [5, 5.41) is 16.3. The fourth-order valence-electron chi connectivity index (χ4n) is 2.81. The van der Waals surface area contributed by atoms with Crippen molar-refractivity contribution in [2.75, 3.05) is 0 Å². The number of rotatable bonds is 4. The molecule has 0 aliphatic heterocycles. The molecule has 0 amide bonds. The number of nitrogens with zero attached hydrogens (tertiary/aromatic N) is 6. The Labute approximate surface area is 147 Å². The maximum Gasteiger partial charge on any atom is 0.231 e. The average Bonchev–Trinajstić information content (AvgIpc) is 3.43. The Bertz CT molecular complexity index is 1170. The summed E-state index contributed by atoms with van der Waals surface area (Å²) in [5.41, 5.74) is 3.57. The summed E-state index contributed by atoms with van der Waals surface area (Å²) in [6, 6.07) is 11.7. The largest absolute Gasteiger partial charge is 0.339 e. The SMILES string of the molecule is c1cnn(-c2ccnc(-c3noc(Cc4ccc5cn[nH]c5c4)n3)c2)c1. The minimum absolute atomic E-state index is 0.455. The number of aromatic nitrogens is 7. The lowest BCUT2D eigenvalue weighted by atomic mass is 10.1. The first-order chi connectivity index (χ1) is 12.8. The molecule has 0 aliphatic carbocycles. The van der Waals surface area contributed by atoms with Crippen LogP contribution in [0.2, 0.25) is 0 Å². The molecule has 0 radical (unpaired) electrons. The molecule has 126 valence electrons. The average molecular weight is 343 g/mol. The third kappa shape index (κ3) is 2.63. The zero-order valence-corrected chi connectivity index (χ0v) is 13.6. The first-order valence-electron chi connectivity index (χ1n) is 8.06. The third-order valence-electron chi connectivity index (χ3n) is 4.07. The molecule has 5 rings (SSSR count). The van der Waals surface area contributed by atoms with Crippen molar-refractivity contribution in [2.45, 2.75) is 6.42 Å². The van der Waals surface area contributed by atoms with Crippen LogP contribution in [0.5, 0.6) is 0 Å². The molecule has 5 aromatic rings. The van der Waals surface area contributed by atoms with Crippen LogP contribution in [0.25, 0.3) is 28.1 Å². The van der Waals surface area contributed by atoms with Gasteiger partial charge in [0.15, 0.2) is 0 Å². The van der Waals surface area contributed by atoms with E-state index in [-0.39, 0.29) is 0 Å². The highest BCUT2D eigenvalue weighted by molar-refractivity contribution is 5.78. The van der Waals surface area contributed by atoms with Gasteiger partial charge in [-0.15, -0.1) is 0 Å². The van der Waals surface area contributed by atoms with Crippen LogP contribution < -0.4 is 0 Å². The van der Waals surface area contributed by atoms with Gasteiger partial charge in [-0.1, -0.05) is 17.3 Å². The number of H-pyrrole nitrogens is 1. The third-order valence-corrected chi connectivity index (χ3v) is 4.07. The van der Waals surface area contributed by atoms with Crippen molar-refractivity contribution in [2.24, 2.45) is 0 Å². The van der Waals surface area contributed by atoms with Gasteiger partial charge in [0.05, 0.1) is 23.8 Å². The number of aromatic amines is 1. The molecule has 0 fully saturated rings. The number of fused-ring (bicyclic) bond motifs is 1. The second-order valence-corrected chi connectivity index (χ2v) is 5.83. The fraction of sp³-hybridized carbons (Fsp3) is 0.0556. The smallest absolute Gasteiger partial charge is 0.231 e. The Morgan fingerprint density at radius 2 is 2.12 bits per heavy atom. The standard InChI is InChI=1S/C18H13N7O/c1-5-21-25(7-1)14-4-6-19-16(10-14)18-22-17(26-24-18)9-12-2-3-13-11-20-23-15(13)8-12/h1-8,10-11H,9H2,(H,20,23). The van der Waals surface area contributed by atoms with Crippen LogP contribution in [0.3, 0.4) is 0 Å². The van der Waals surface area contributed by atoms with Crippen molar-refractivity contribution in [3.05, 3.63) is 72.6 Å². The first-order valence-corrected chi connectivity index (χ1v) is 8.06. The maximum absolute atomic E-state index is 5.40. The zero-order valence-electron chi connectivity index (χ0n) is 13.6. The fourth-order valence-corrected chi connectivity index (χ4v) is 2.81. The van der Waals surface area contributed by atoms with E-state index in [1.54, 1.807) is 23.3 Å². The topological polar surface area (TPSA) is 98.3 Å². The molecule has 0 unspecified atom stereocenters. The summed E-state index contributed by atoms with van der Waals surface area (Å²) >= 11 is 0. The minimum Gasteiger partial charge on any atom is -0.339 e. The molecule has 4 aromatic heterocycles. The highest BCUT2D eigenvalue weighted by Crippen LogP contribution is 2.19. The van der Waals surface area contributed by atoms with Crippen molar-refractivity contribution in [3.8, 4) is 17.2 Å². The van der Waals surface area contributed by atoms with Gasteiger partial charge in [0.2, 0.25) is 11.7 Å². The molecule has 0 saturated heterocycles. The first kappa shape index (κ1) is 14.5. The highest BCUT2D eigenvalue weighted by Gasteiger charge is 2.12. The second-order valence-electron chi connectivity index (χ2n) is 5.83. The Kier molecular flexibility index (Phi) is 3.31. The van der Waals surface area contributed by atoms with E-state index in [4.69, 9.17) is 4.52 Å². The van der Waals surface area contributed by atoms with Crippen molar-refractivity contribution in [1.29, 1.82) is 0 Å². The predicted octanol–water partition coefficient (Wildman–Crippen LogP) is 2.78. The Balaban J connectivity index is 1.42. The van der Waals surface area contributed by atoms with Gasteiger partial charge in [0, 0.05) is 24.0 Å². The summed E-state index contributed by atoms with van der Waals surface area (Å²) < 4.78 is 7.15. The summed E-state index contributed by atoms with van der Waals surface area (Å²) in [6.45, 7) is 0. The molecule has 0 aliphatic rings. The van der Waals surface area contributed by atoms with Crippen LogP contribution in [-0.2, 0) is 6.42 Å². The van der Waals surface area contributed by atoms with Crippen molar-refractivity contribution in [3.63, 3.8) is 0 Å². The van der Waals surface area contributed by atoms with Gasteiger partial charge >= 0.3 is 0 Å². The molecule has 0 spiro atoms. The predicted molar refractivity (Wildman–Crippen MR) is 93.6 cm³/mol. The van der Waals surface area contributed by atoms with E-state index < -0.39 is 0 Å². The summed E-state index contributed by atoms with van der Waals surface area (Å²) in [5.74, 6) is 0.988. The Morgan fingerprint density at radius 3 is 3.04 bits per heavy atom. The second kappa shape index (κ2) is 5.92. The lowest BCUT2D eigenvalue weighted by Gasteiger charge is -2.01. The van der Waals surface area contributed by atoms with E-state index in [9.17, 15) is 0 Å². The molecule has 8 heteroatoms. The molecule has 1 N–H and O–H groups in total. The van der Waals surface area contributed by atoms with E-state index in [1.807, 2.05) is 42.6 Å². The van der Waals surface area contributed by atoms with Gasteiger partial charge in [-0.05, 0) is 29.8 Å². The summed E-state index contributed by atoms with van der Waals surface area (Å²) in [6.07, 6.45) is 7.63. The van der Waals surface area contributed by atoms with Gasteiger partial charge in [0.1, 0.15) is 5.69 Å². The van der Waals surface area contributed by atoms with Crippen LogP contribution in [0, 0.1) is 0 Å². The zero-order chi connectivity index (χ0) is 17.3. The molecule has 4 heterocycles. The summed E-state index contributed by atoms with van der Waals surface area (Å²) in [7, 11) is 0. The molecule has 0 saturated carbocycles. The molecular formula is C18H13N7O. The summed E-state index contributed by atoms with van der Waals surface area (Å²) in [4.78, 5) is 8.80. The van der Waals surface area contributed by atoms with Crippen LogP contribution in [0.15, 0.2) is 65.7 Å². The minimum atomic E-state index is 0.455. The molecule has 0 bridgehead atoms. The van der Waals surface area contributed by atoms with E-state index >= 15 is 0 Å². The van der Waals surface area contributed by atoms with Gasteiger partial charge in [-0.3, -0.25) is 10.1 Å². The number of pyridine rings is 1. The maximum atomic E-state index is 5.40. The lowest BCUT2D eigenvalue weighted by molar-refractivity contribution is 0.385. The van der Waals surface area contributed by atoms with Gasteiger partial charge in [-0.2, -0.15) is 15.2 Å². The Morgan fingerprint density at radius 1 is 1.12 bits per heavy atom. The van der Waals surface area contributed by atoms with Gasteiger partial charge < -0.3 is 4.52 Å². The van der Waals surface area contributed by atoms with Crippen LogP contribution >= 0.6 is 0 Å². The van der Waals surface area contributed by atoms with Crippen LogP contribution in [0.4, 0.5) is 0 Å². The van der Waals surface area contributed by atoms with Crippen molar-refractivity contribution < 1.29 is 4.52 Å².